The standard InChI is InChI=1S/C6H10N2OS/c1-7-4-5(9)6-8-2-3-10-6/h2-3,5,7,9H,4H2,1H3/t5-/m0/s1. The number of thiazole rings is 1. The Hall–Kier alpha value is -0.450. The average molecular weight is 158 g/mol. The van der Waals surface area contributed by atoms with Gasteiger partial charge in [0, 0.05) is 18.1 Å². The maximum absolute atomic E-state index is 9.29. The van der Waals surface area contributed by atoms with Crippen LogP contribution in [0.25, 0.3) is 0 Å². The van der Waals surface area contributed by atoms with Crippen LogP contribution in [0.2, 0.25) is 0 Å². The Labute approximate surface area is 63.7 Å². The topological polar surface area (TPSA) is 45.1 Å². The molecular formula is C6H10N2OS. The second-order valence-corrected chi connectivity index (χ2v) is 2.87. The van der Waals surface area contributed by atoms with Gasteiger partial charge in [0.2, 0.25) is 0 Å². The molecule has 0 aliphatic heterocycles. The van der Waals surface area contributed by atoms with Crippen molar-refractivity contribution in [1.29, 1.82) is 0 Å². The number of hydrogen-bond donors (Lipinski definition) is 2. The summed E-state index contributed by atoms with van der Waals surface area (Å²) in [7, 11) is 1.80. The smallest absolute Gasteiger partial charge is 0.122 e. The van der Waals surface area contributed by atoms with E-state index in [-0.39, 0.29) is 0 Å². The lowest BCUT2D eigenvalue weighted by Gasteiger charge is -2.04. The van der Waals surface area contributed by atoms with Crippen LogP contribution >= 0.6 is 11.3 Å². The van der Waals surface area contributed by atoms with Crippen LogP contribution in [-0.2, 0) is 0 Å². The highest BCUT2D eigenvalue weighted by Gasteiger charge is 2.06. The van der Waals surface area contributed by atoms with Gasteiger partial charge >= 0.3 is 0 Å². The Bertz CT molecular complexity index is 176. The first-order valence-corrected chi connectivity index (χ1v) is 3.94. The summed E-state index contributed by atoms with van der Waals surface area (Å²) in [5.74, 6) is 0. The molecule has 0 aliphatic carbocycles. The molecule has 0 bridgehead atoms. The lowest BCUT2D eigenvalue weighted by molar-refractivity contribution is 0.177. The van der Waals surface area contributed by atoms with Crippen molar-refractivity contribution in [1.82, 2.24) is 10.3 Å². The summed E-state index contributed by atoms with van der Waals surface area (Å²) in [5.41, 5.74) is 0. The van der Waals surface area contributed by atoms with E-state index in [1.54, 1.807) is 13.2 Å². The number of likely N-dealkylation sites (N-methyl/N-ethyl adjacent to an activating group) is 1. The zero-order valence-electron chi connectivity index (χ0n) is 5.74. The summed E-state index contributed by atoms with van der Waals surface area (Å²) < 4.78 is 0. The van der Waals surface area contributed by atoms with Crippen LogP contribution < -0.4 is 5.32 Å². The van der Waals surface area contributed by atoms with E-state index in [4.69, 9.17) is 0 Å². The highest BCUT2D eigenvalue weighted by atomic mass is 32.1. The van der Waals surface area contributed by atoms with E-state index in [9.17, 15) is 5.11 Å². The first-order valence-electron chi connectivity index (χ1n) is 3.06. The van der Waals surface area contributed by atoms with Crippen LogP contribution in [0.15, 0.2) is 11.6 Å². The summed E-state index contributed by atoms with van der Waals surface area (Å²) in [4.78, 5) is 3.96. The molecule has 56 valence electrons. The molecule has 2 N–H and O–H groups in total. The molecule has 1 heterocycles. The molecule has 0 saturated heterocycles. The molecule has 0 spiro atoms. The van der Waals surface area contributed by atoms with Crippen molar-refractivity contribution in [2.75, 3.05) is 13.6 Å². The van der Waals surface area contributed by atoms with Crippen molar-refractivity contribution < 1.29 is 5.11 Å². The molecular weight excluding hydrogens is 148 g/mol. The SMILES string of the molecule is CNC[C@H](O)c1nccs1. The largest absolute Gasteiger partial charge is 0.385 e. The van der Waals surface area contributed by atoms with Crippen molar-refractivity contribution in [3.05, 3.63) is 16.6 Å². The number of hydrogen-bond acceptors (Lipinski definition) is 4. The Kier molecular flexibility index (Phi) is 2.80. The fraction of sp³-hybridized carbons (Fsp3) is 0.500. The van der Waals surface area contributed by atoms with Crippen LogP contribution in [0.1, 0.15) is 11.1 Å². The highest BCUT2D eigenvalue weighted by molar-refractivity contribution is 7.09. The Morgan fingerprint density at radius 3 is 3.20 bits per heavy atom. The maximum Gasteiger partial charge on any atom is 0.122 e. The lowest BCUT2D eigenvalue weighted by atomic mass is 10.4. The molecule has 1 aromatic rings. The molecule has 10 heavy (non-hydrogen) atoms. The summed E-state index contributed by atoms with van der Waals surface area (Å²) in [6.07, 6.45) is 1.24. The van der Waals surface area contributed by atoms with Gasteiger partial charge in [-0.15, -0.1) is 11.3 Å². The van der Waals surface area contributed by atoms with Crippen LogP contribution in [0, 0.1) is 0 Å². The maximum atomic E-state index is 9.29. The average Bonchev–Trinajstić information content (AvgIpc) is 2.38. The Morgan fingerprint density at radius 1 is 1.90 bits per heavy atom. The fourth-order valence-electron chi connectivity index (χ4n) is 0.680. The number of aliphatic hydroxyl groups excluding tert-OH is 1. The second kappa shape index (κ2) is 3.65. The molecule has 4 heteroatoms. The van der Waals surface area contributed by atoms with Gasteiger partial charge in [-0.3, -0.25) is 0 Å². The van der Waals surface area contributed by atoms with Crippen LogP contribution in [0.3, 0.4) is 0 Å². The highest BCUT2D eigenvalue weighted by Crippen LogP contribution is 2.13. The number of nitrogens with zero attached hydrogens (tertiary/aromatic N) is 1. The molecule has 0 saturated carbocycles. The third-order valence-corrected chi connectivity index (χ3v) is 2.01. The molecule has 0 radical (unpaired) electrons. The third kappa shape index (κ3) is 1.76. The summed E-state index contributed by atoms with van der Waals surface area (Å²) >= 11 is 1.47. The molecule has 0 unspecified atom stereocenters. The molecule has 0 aliphatic rings. The molecule has 3 nitrogen and oxygen atoms in total. The van der Waals surface area contributed by atoms with Crippen LogP contribution in [0.4, 0.5) is 0 Å². The minimum absolute atomic E-state index is 0.454. The second-order valence-electron chi connectivity index (χ2n) is 1.94. The number of aromatic nitrogens is 1. The fourth-order valence-corrected chi connectivity index (χ4v) is 1.30. The van der Waals surface area contributed by atoms with Crippen LogP contribution in [0.5, 0.6) is 0 Å². The van der Waals surface area contributed by atoms with E-state index in [1.807, 2.05) is 5.38 Å². The minimum atomic E-state index is -0.454. The third-order valence-electron chi connectivity index (χ3n) is 1.13. The van der Waals surface area contributed by atoms with Gasteiger partial charge in [0.15, 0.2) is 0 Å². The molecule has 1 rings (SSSR count). The summed E-state index contributed by atoms with van der Waals surface area (Å²) in [5, 5.41) is 14.8. The predicted molar refractivity (Wildman–Crippen MR) is 41.0 cm³/mol. The molecule has 0 amide bonds. The molecule has 1 atom stereocenters. The zero-order valence-corrected chi connectivity index (χ0v) is 6.56. The Balaban J connectivity index is 2.50. The summed E-state index contributed by atoms with van der Waals surface area (Å²) in [6.45, 7) is 0.563. The van der Waals surface area contributed by atoms with Crippen molar-refractivity contribution >= 4 is 11.3 Å². The van der Waals surface area contributed by atoms with Gasteiger partial charge in [0.1, 0.15) is 11.1 Å². The van der Waals surface area contributed by atoms with E-state index >= 15 is 0 Å². The zero-order chi connectivity index (χ0) is 7.40. The predicted octanol–water partition coefficient (Wildman–Crippen LogP) is 0.396. The molecule has 0 fully saturated rings. The van der Waals surface area contributed by atoms with Crippen molar-refractivity contribution in [2.24, 2.45) is 0 Å². The van der Waals surface area contributed by atoms with Gasteiger partial charge < -0.3 is 10.4 Å². The van der Waals surface area contributed by atoms with Gasteiger partial charge in [-0.1, -0.05) is 0 Å². The van der Waals surface area contributed by atoms with Gasteiger partial charge in [0.05, 0.1) is 0 Å². The number of nitrogens with one attached hydrogen (secondary N) is 1. The van der Waals surface area contributed by atoms with Crippen molar-refractivity contribution in [3.63, 3.8) is 0 Å². The normalized spacial score (nSPS) is 13.4. The van der Waals surface area contributed by atoms with E-state index in [0.29, 0.717) is 6.54 Å². The molecule has 0 aromatic carbocycles. The number of rotatable bonds is 3. The van der Waals surface area contributed by atoms with Gasteiger partial charge in [-0.2, -0.15) is 0 Å². The van der Waals surface area contributed by atoms with E-state index in [1.165, 1.54) is 11.3 Å². The molecule has 1 aromatic heterocycles. The van der Waals surface area contributed by atoms with E-state index in [2.05, 4.69) is 10.3 Å². The van der Waals surface area contributed by atoms with Gasteiger partial charge in [0.25, 0.3) is 0 Å². The lowest BCUT2D eigenvalue weighted by Crippen LogP contribution is -2.16. The summed E-state index contributed by atoms with van der Waals surface area (Å²) in [6, 6.07) is 0. The van der Waals surface area contributed by atoms with Crippen LogP contribution in [-0.4, -0.2) is 23.7 Å². The minimum Gasteiger partial charge on any atom is -0.385 e. The van der Waals surface area contributed by atoms with E-state index < -0.39 is 6.10 Å². The first-order chi connectivity index (χ1) is 4.84. The quantitative estimate of drug-likeness (QED) is 0.669. The van der Waals surface area contributed by atoms with Gasteiger partial charge in [-0.05, 0) is 7.05 Å². The van der Waals surface area contributed by atoms with Crippen molar-refractivity contribution in [3.8, 4) is 0 Å². The Morgan fingerprint density at radius 2 is 2.70 bits per heavy atom. The van der Waals surface area contributed by atoms with Gasteiger partial charge in [-0.25, -0.2) is 4.98 Å². The monoisotopic (exact) mass is 158 g/mol. The first kappa shape index (κ1) is 7.65. The van der Waals surface area contributed by atoms with E-state index in [0.717, 1.165) is 5.01 Å². The van der Waals surface area contributed by atoms with Crippen molar-refractivity contribution in [2.45, 2.75) is 6.10 Å². The number of aliphatic hydroxyl groups is 1.